The van der Waals surface area contributed by atoms with Gasteiger partial charge < -0.3 is 0 Å². The Morgan fingerprint density at radius 3 is 2.00 bits per heavy atom. The number of benzene rings is 1. The molecule has 3 aromatic heterocycles. The first-order valence-electron chi connectivity index (χ1n) is 15.4. The fourth-order valence-electron chi connectivity index (χ4n) is 9.48. The minimum atomic E-state index is 0. The van der Waals surface area contributed by atoms with Crippen LogP contribution in [0.15, 0.2) is 39.2 Å². The van der Waals surface area contributed by atoms with E-state index in [4.69, 9.17) is 16.6 Å². The molecular formula is C36H50ClN5O2S. The van der Waals surface area contributed by atoms with Gasteiger partial charge in [-0.1, -0.05) is 80.1 Å². The van der Waals surface area contributed by atoms with Crippen molar-refractivity contribution >= 4 is 22.9 Å². The molecule has 244 valence electrons. The van der Waals surface area contributed by atoms with E-state index >= 15 is 0 Å². The third kappa shape index (κ3) is 4.23. The van der Waals surface area contributed by atoms with Crippen molar-refractivity contribution in [3.8, 4) is 10.6 Å². The van der Waals surface area contributed by atoms with Gasteiger partial charge in [-0.05, 0) is 60.5 Å². The van der Waals surface area contributed by atoms with Gasteiger partial charge in [-0.15, -0.1) is 11.3 Å². The summed E-state index contributed by atoms with van der Waals surface area (Å²) in [5, 5.41) is 6.63. The Labute approximate surface area is 276 Å². The number of halogens is 1. The van der Waals surface area contributed by atoms with Crippen LogP contribution < -0.4 is 11.1 Å². The van der Waals surface area contributed by atoms with Gasteiger partial charge in [0.25, 0.3) is 11.1 Å². The maximum atomic E-state index is 13.3. The number of H-pyrrole nitrogens is 1. The maximum Gasteiger partial charge on any atom is 0.270 e. The fraction of sp³-hybridized carbons (Fsp3) is 0.583. The number of fused-ring (bicyclic) bond motifs is 10. The Morgan fingerprint density at radius 1 is 0.889 bits per heavy atom. The first-order valence-corrected chi connectivity index (χ1v) is 16.7. The molecule has 3 heterocycles. The van der Waals surface area contributed by atoms with Crippen molar-refractivity contribution in [3.05, 3.63) is 83.6 Å². The van der Waals surface area contributed by atoms with Gasteiger partial charge in [-0.2, -0.15) is 0 Å². The molecule has 2 fully saturated rings. The summed E-state index contributed by atoms with van der Waals surface area (Å²) in [6.45, 7) is 14.4. The zero-order valence-corrected chi connectivity index (χ0v) is 28.0. The average molecular weight is 652 g/mol. The normalized spacial score (nSPS) is 27.3. The van der Waals surface area contributed by atoms with Crippen molar-refractivity contribution in [2.75, 3.05) is 0 Å². The summed E-state index contributed by atoms with van der Waals surface area (Å²) in [5.41, 5.74) is 7.53. The molecule has 4 bridgehead atoms. The van der Waals surface area contributed by atoms with E-state index in [0.29, 0.717) is 18.4 Å². The molecule has 1 aromatic carbocycles. The van der Waals surface area contributed by atoms with Crippen LogP contribution in [0.5, 0.6) is 0 Å². The molecule has 4 aliphatic rings. The highest BCUT2D eigenvalue weighted by molar-refractivity contribution is 7.13. The highest BCUT2D eigenvalue weighted by Gasteiger charge is 2.63. The van der Waals surface area contributed by atoms with Gasteiger partial charge >= 0.3 is 0 Å². The van der Waals surface area contributed by atoms with Crippen LogP contribution in [0.1, 0.15) is 122 Å². The van der Waals surface area contributed by atoms with Crippen molar-refractivity contribution in [1.82, 2.24) is 24.1 Å². The van der Waals surface area contributed by atoms with Gasteiger partial charge in [-0.25, -0.2) is 9.67 Å². The van der Waals surface area contributed by atoms with Crippen molar-refractivity contribution in [2.45, 2.75) is 111 Å². The Bertz CT molecular complexity index is 1890. The molecular weight excluding hydrogens is 602 g/mol. The Hall–Kier alpha value is -2.84. The summed E-state index contributed by atoms with van der Waals surface area (Å²) in [4.78, 5) is 30.0. The van der Waals surface area contributed by atoms with Crippen LogP contribution in [0.25, 0.3) is 10.6 Å². The number of rotatable bonds is 3. The Morgan fingerprint density at radius 2 is 1.44 bits per heavy atom. The SMILES string of the molecule is C.C.Cn1[nH]c(=O)c2c1[C@]1(C)CC[C@H]2C1(C)C.Cn1c2c(c(=O)n1Cc1csc(-c3ccc(Cl)cc3)n1)[C@H]1CC[C@]2(C)C1(C)C. The predicted octanol–water partition coefficient (Wildman–Crippen LogP) is 8.35. The van der Waals surface area contributed by atoms with Crippen LogP contribution >= 0.6 is 22.9 Å². The minimum Gasteiger partial charge on any atom is -0.291 e. The summed E-state index contributed by atoms with van der Waals surface area (Å²) in [6.07, 6.45) is 4.66. The van der Waals surface area contributed by atoms with E-state index in [1.807, 2.05) is 47.7 Å². The van der Waals surface area contributed by atoms with E-state index in [9.17, 15) is 9.59 Å². The first kappa shape index (κ1) is 33.5. The molecule has 0 saturated heterocycles. The first-order chi connectivity index (χ1) is 20.1. The second kappa shape index (κ2) is 10.6. The molecule has 4 atom stereocenters. The molecule has 8 rings (SSSR count). The molecule has 0 amide bonds. The number of nitrogens with zero attached hydrogens (tertiary/aromatic N) is 4. The lowest BCUT2D eigenvalue weighted by Gasteiger charge is -2.36. The topological polar surface area (TPSA) is 77.6 Å². The van der Waals surface area contributed by atoms with Gasteiger partial charge in [0.05, 0.1) is 17.9 Å². The third-order valence-corrected chi connectivity index (χ3v) is 13.9. The van der Waals surface area contributed by atoms with Crippen LogP contribution in [0.3, 0.4) is 0 Å². The number of aromatic nitrogens is 5. The maximum absolute atomic E-state index is 13.3. The largest absolute Gasteiger partial charge is 0.291 e. The van der Waals surface area contributed by atoms with Crippen LogP contribution in [-0.2, 0) is 31.5 Å². The molecule has 4 aromatic rings. The summed E-state index contributed by atoms with van der Waals surface area (Å²) < 4.78 is 5.93. The molecule has 2 saturated carbocycles. The highest BCUT2D eigenvalue weighted by atomic mass is 35.5. The second-order valence-corrected chi connectivity index (χ2v) is 16.1. The van der Waals surface area contributed by atoms with Crippen molar-refractivity contribution in [2.24, 2.45) is 24.9 Å². The van der Waals surface area contributed by atoms with Crippen LogP contribution in [0.4, 0.5) is 0 Å². The molecule has 7 nitrogen and oxygen atoms in total. The number of thiazole rings is 1. The molecule has 9 heteroatoms. The summed E-state index contributed by atoms with van der Waals surface area (Å²) in [6, 6.07) is 7.72. The average Bonchev–Trinajstić information content (AvgIpc) is 3.75. The smallest absolute Gasteiger partial charge is 0.270 e. The minimum absolute atomic E-state index is 0. The summed E-state index contributed by atoms with van der Waals surface area (Å²) >= 11 is 7.59. The lowest BCUT2D eigenvalue weighted by Crippen LogP contribution is -2.35. The predicted molar refractivity (Wildman–Crippen MR) is 187 cm³/mol. The highest BCUT2D eigenvalue weighted by Crippen LogP contribution is 2.67. The van der Waals surface area contributed by atoms with E-state index in [1.165, 1.54) is 24.2 Å². The third-order valence-electron chi connectivity index (χ3n) is 12.7. The van der Waals surface area contributed by atoms with Crippen LogP contribution in [0.2, 0.25) is 5.02 Å². The molecule has 0 aliphatic heterocycles. The van der Waals surface area contributed by atoms with Gasteiger partial charge in [-0.3, -0.25) is 24.1 Å². The standard InChI is InChI=1S/C22H24ClN3OS.C12H18N2O.2CH4/c1-21(2)16-9-10-22(21,3)18-17(16)20(27)26(25(18)4)11-15-12-28-19(24-15)13-5-7-14(23)8-6-13;1-11(2)7-5-6-12(11,3)9-8(7)10(15)13-14(9)4;;/h5-8,12,16H,9-11H2,1-4H3;7H,5-6H2,1-4H3,(H,13,15);2*1H4/t16-,22+;7-,12+;;/m11../s1. The number of nitrogens with one attached hydrogen (secondary N) is 1. The zero-order valence-electron chi connectivity index (χ0n) is 26.5. The van der Waals surface area contributed by atoms with E-state index < -0.39 is 0 Å². The van der Waals surface area contributed by atoms with Crippen molar-refractivity contribution in [1.29, 1.82) is 0 Å². The molecule has 4 aliphatic carbocycles. The zero-order chi connectivity index (χ0) is 30.9. The lowest BCUT2D eigenvalue weighted by molar-refractivity contribution is 0.215. The van der Waals surface area contributed by atoms with E-state index in [-0.39, 0.29) is 47.6 Å². The van der Waals surface area contributed by atoms with Crippen LogP contribution in [0, 0.1) is 10.8 Å². The van der Waals surface area contributed by atoms with Gasteiger partial charge in [0, 0.05) is 57.7 Å². The summed E-state index contributed by atoms with van der Waals surface area (Å²) in [7, 11) is 4.00. The molecule has 1 N–H and O–H groups in total. The lowest BCUT2D eigenvalue weighted by atomic mass is 9.70. The van der Waals surface area contributed by atoms with Gasteiger partial charge in [0.15, 0.2) is 0 Å². The Kier molecular flexibility index (Phi) is 7.89. The molecule has 0 spiro atoms. The number of aryl methyl sites for hydroxylation is 1. The second-order valence-electron chi connectivity index (χ2n) is 14.9. The van der Waals surface area contributed by atoms with Crippen molar-refractivity contribution in [3.63, 3.8) is 0 Å². The fourth-order valence-corrected chi connectivity index (χ4v) is 10.4. The number of hydrogen-bond acceptors (Lipinski definition) is 4. The number of hydrogen-bond donors (Lipinski definition) is 1. The molecule has 45 heavy (non-hydrogen) atoms. The van der Waals surface area contributed by atoms with Gasteiger partial charge in [0.1, 0.15) is 5.01 Å². The quantitative estimate of drug-likeness (QED) is 0.242. The summed E-state index contributed by atoms with van der Waals surface area (Å²) in [5.74, 6) is 0.829. The van der Waals surface area contributed by atoms with E-state index in [1.54, 1.807) is 11.3 Å². The molecule has 0 unspecified atom stereocenters. The van der Waals surface area contributed by atoms with E-state index in [2.05, 4.69) is 56.7 Å². The van der Waals surface area contributed by atoms with Crippen molar-refractivity contribution < 1.29 is 0 Å². The van der Waals surface area contributed by atoms with Crippen LogP contribution in [-0.4, -0.2) is 24.1 Å². The van der Waals surface area contributed by atoms with E-state index in [0.717, 1.165) is 45.3 Å². The molecule has 0 radical (unpaired) electrons. The number of aromatic amines is 1. The van der Waals surface area contributed by atoms with Gasteiger partial charge in [0.2, 0.25) is 0 Å². The Balaban J connectivity index is 0.000000200. The monoisotopic (exact) mass is 651 g/mol.